The zero-order valence-corrected chi connectivity index (χ0v) is 12.1. The Balaban J connectivity index is 1.64. The summed E-state index contributed by atoms with van der Waals surface area (Å²) in [4.78, 5) is 13.7. The first-order valence-corrected chi connectivity index (χ1v) is 7.82. The molecule has 4 rings (SSSR count). The third kappa shape index (κ3) is 2.69. The number of hydrogen-bond acceptors (Lipinski definition) is 1. The Bertz CT molecular complexity index is 379. The minimum atomic E-state index is 0.351. The van der Waals surface area contributed by atoms with E-state index in [2.05, 4.69) is 20.3 Å². The minimum Gasteiger partial charge on any atom is -0.314 e. The highest BCUT2D eigenvalue weighted by Gasteiger charge is 2.49. The fraction of sp³-hybridized carbons (Fsp3) is 0.706. The number of carbonyl (C=O) groups excluding carboxylic acids is 1. The zero-order chi connectivity index (χ0) is 13.4. The van der Waals surface area contributed by atoms with E-state index in [0.29, 0.717) is 23.5 Å². The molecule has 1 N–H and O–H groups in total. The Morgan fingerprint density at radius 2 is 1.53 bits per heavy atom. The van der Waals surface area contributed by atoms with E-state index in [9.17, 15) is 4.79 Å². The normalized spacial score (nSPS) is 40.9. The van der Waals surface area contributed by atoms with Crippen molar-refractivity contribution >= 4 is 5.78 Å². The molecule has 4 saturated carbocycles. The van der Waals surface area contributed by atoms with Crippen LogP contribution in [0.5, 0.6) is 0 Å². The Morgan fingerprint density at radius 1 is 0.947 bits per heavy atom. The van der Waals surface area contributed by atoms with E-state index >= 15 is 0 Å². The highest BCUT2D eigenvalue weighted by atomic mass is 16.1. The van der Waals surface area contributed by atoms with Crippen LogP contribution in [0.25, 0.3) is 0 Å². The summed E-state index contributed by atoms with van der Waals surface area (Å²) in [5, 5.41) is 0. The van der Waals surface area contributed by atoms with E-state index in [4.69, 9.17) is 0 Å². The van der Waals surface area contributed by atoms with Crippen molar-refractivity contribution in [3.05, 3.63) is 24.4 Å². The number of allylic oxidation sites excluding steroid dienone is 3. The van der Waals surface area contributed by atoms with Gasteiger partial charge in [-0.05, 0) is 67.9 Å². The number of hydrogen-bond donors (Lipinski definition) is 1. The molecule has 0 amide bonds. The summed E-state index contributed by atoms with van der Waals surface area (Å²) in [6.45, 7) is 0. The molecule has 0 radical (unpaired) electrons. The van der Waals surface area contributed by atoms with E-state index in [0.717, 1.165) is 11.8 Å². The minimum absolute atomic E-state index is 0.351. The van der Waals surface area contributed by atoms with Crippen LogP contribution in [0.15, 0.2) is 24.4 Å². The van der Waals surface area contributed by atoms with Gasteiger partial charge in [0.1, 0.15) is 0 Å². The fourth-order valence-corrected chi connectivity index (χ4v) is 4.90. The molecular weight excluding hydrogens is 234 g/mol. The maximum Gasteiger partial charge on any atom is 0.159 e. The van der Waals surface area contributed by atoms with Gasteiger partial charge in [-0.15, -0.1) is 0 Å². The van der Waals surface area contributed by atoms with Crippen LogP contribution >= 0.6 is 0 Å². The third-order valence-corrected chi connectivity index (χ3v) is 5.36. The molecule has 4 bridgehead atoms. The number of ketones is 1. The molecule has 104 valence electrons. The predicted molar refractivity (Wildman–Crippen MR) is 76.6 cm³/mol. The van der Waals surface area contributed by atoms with Crippen molar-refractivity contribution in [3.8, 4) is 0 Å². The molecule has 0 aliphatic heterocycles. The lowest BCUT2D eigenvalue weighted by molar-refractivity contribution is -0.801. The van der Waals surface area contributed by atoms with Gasteiger partial charge in [0.15, 0.2) is 5.78 Å². The summed E-state index contributed by atoms with van der Waals surface area (Å²) in [7, 11) is 4.15. The van der Waals surface area contributed by atoms with Gasteiger partial charge in [0.25, 0.3) is 0 Å². The maximum atomic E-state index is 12.5. The van der Waals surface area contributed by atoms with Crippen molar-refractivity contribution in [1.82, 2.24) is 0 Å². The molecular formula is C17H26NO+. The predicted octanol–water partition coefficient (Wildman–Crippen LogP) is 1.84. The number of nitrogens with one attached hydrogen (secondary N) is 1. The van der Waals surface area contributed by atoms with Crippen LogP contribution in [-0.2, 0) is 4.79 Å². The van der Waals surface area contributed by atoms with E-state index in [1.807, 2.05) is 18.2 Å². The lowest BCUT2D eigenvalue weighted by Crippen LogP contribution is -3.00. The van der Waals surface area contributed by atoms with Crippen molar-refractivity contribution in [3.63, 3.8) is 0 Å². The van der Waals surface area contributed by atoms with Crippen LogP contribution in [0.3, 0.4) is 0 Å². The number of carbonyl (C=O) groups is 1. The zero-order valence-electron chi connectivity index (χ0n) is 12.1. The molecule has 4 aliphatic carbocycles. The number of quaternary nitrogens is 1. The molecule has 0 heterocycles. The highest BCUT2D eigenvalue weighted by molar-refractivity contribution is 5.92. The quantitative estimate of drug-likeness (QED) is 0.604. The van der Waals surface area contributed by atoms with Crippen LogP contribution in [0.2, 0.25) is 0 Å². The summed E-state index contributed by atoms with van der Waals surface area (Å²) < 4.78 is 0. The molecule has 4 aliphatic rings. The summed E-state index contributed by atoms with van der Waals surface area (Å²) in [5.74, 6) is 4.06. The van der Waals surface area contributed by atoms with Crippen LogP contribution in [0, 0.1) is 29.6 Å². The topological polar surface area (TPSA) is 21.5 Å². The SMILES string of the molecule is C[NH+](C)/C=C\C=C\C(=O)C1C2CC3CC(C2)CC1C3. The second-order valence-electron chi connectivity index (χ2n) is 7.15. The van der Waals surface area contributed by atoms with Crippen LogP contribution in [0.4, 0.5) is 0 Å². The van der Waals surface area contributed by atoms with Gasteiger partial charge in [-0.2, -0.15) is 0 Å². The first-order valence-electron chi connectivity index (χ1n) is 7.82. The summed E-state index contributed by atoms with van der Waals surface area (Å²) >= 11 is 0. The highest BCUT2D eigenvalue weighted by Crippen LogP contribution is 2.56. The monoisotopic (exact) mass is 260 g/mol. The molecule has 0 unspecified atom stereocenters. The average Bonchev–Trinajstić information content (AvgIpc) is 2.33. The maximum absolute atomic E-state index is 12.5. The molecule has 4 fully saturated rings. The molecule has 0 atom stereocenters. The second-order valence-corrected chi connectivity index (χ2v) is 7.15. The van der Waals surface area contributed by atoms with Crippen molar-refractivity contribution in [2.45, 2.75) is 32.1 Å². The van der Waals surface area contributed by atoms with Crippen molar-refractivity contribution in [2.24, 2.45) is 29.6 Å². The standard InChI is InChI=1S/C17H25NO/c1-18(2)6-4-3-5-16(19)17-14-8-12-7-13(10-14)11-15(17)9-12/h3-6,12-15,17H,7-11H2,1-2H3/p+1/b5-3+,6-4-. The van der Waals surface area contributed by atoms with Gasteiger partial charge in [0, 0.05) is 5.92 Å². The molecule has 0 spiro atoms. The summed E-state index contributed by atoms with van der Waals surface area (Å²) in [5.41, 5.74) is 0. The Hall–Kier alpha value is -0.890. The third-order valence-electron chi connectivity index (χ3n) is 5.36. The molecule has 2 nitrogen and oxygen atoms in total. The van der Waals surface area contributed by atoms with E-state index in [1.165, 1.54) is 37.0 Å². The lowest BCUT2D eigenvalue weighted by Gasteiger charge is -2.53. The van der Waals surface area contributed by atoms with Gasteiger partial charge in [0.05, 0.1) is 20.3 Å². The van der Waals surface area contributed by atoms with E-state index in [1.54, 1.807) is 0 Å². The molecule has 0 aromatic carbocycles. The molecule has 0 aromatic heterocycles. The molecule has 2 heteroatoms. The van der Waals surface area contributed by atoms with Crippen LogP contribution < -0.4 is 4.90 Å². The van der Waals surface area contributed by atoms with Gasteiger partial charge >= 0.3 is 0 Å². The van der Waals surface area contributed by atoms with Crippen LogP contribution in [-0.4, -0.2) is 19.9 Å². The van der Waals surface area contributed by atoms with Crippen molar-refractivity contribution < 1.29 is 9.69 Å². The fourth-order valence-electron chi connectivity index (χ4n) is 4.90. The van der Waals surface area contributed by atoms with Gasteiger partial charge in [-0.25, -0.2) is 0 Å². The van der Waals surface area contributed by atoms with Gasteiger partial charge < -0.3 is 4.90 Å². The molecule has 0 aromatic rings. The summed E-state index contributed by atoms with van der Waals surface area (Å²) in [6.07, 6.45) is 14.6. The van der Waals surface area contributed by atoms with Gasteiger partial charge in [-0.3, -0.25) is 4.79 Å². The first-order chi connectivity index (χ1) is 9.13. The van der Waals surface area contributed by atoms with Crippen LogP contribution in [0.1, 0.15) is 32.1 Å². The lowest BCUT2D eigenvalue weighted by atomic mass is 9.51. The van der Waals surface area contributed by atoms with E-state index in [-0.39, 0.29) is 0 Å². The average molecular weight is 260 g/mol. The van der Waals surface area contributed by atoms with E-state index < -0.39 is 0 Å². The first kappa shape index (κ1) is 13.1. The van der Waals surface area contributed by atoms with Gasteiger partial charge in [-0.1, -0.05) is 6.08 Å². The van der Waals surface area contributed by atoms with Crippen molar-refractivity contribution in [2.75, 3.05) is 14.1 Å². The largest absolute Gasteiger partial charge is 0.314 e. The molecule has 0 saturated heterocycles. The molecule has 19 heavy (non-hydrogen) atoms. The Labute approximate surface area is 116 Å². The number of rotatable bonds is 4. The Morgan fingerprint density at radius 3 is 2.05 bits per heavy atom. The summed E-state index contributed by atoms with van der Waals surface area (Å²) in [6, 6.07) is 0. The Kier molecular flexibility index (Phi) is 3.62. The van der Waals surface area contributed by atoms with Crippen molar-refractivity contribution in [1.29, 1.82) is 0 Å². The second kappa shape index (κ2) is 5.24. The smallest absolute Gasteiger partial charge is 0.159 e. The van der Waals surface area contributed by atoms with Gasteiger partial charge in [0.2, 0.25) is 0 Å².